The lowest BCUT2D eigenvalue weighted by atomic mass is 9.90. The fourth-order valence-electron chi connectivity index (χ4n) is 2.93. The fourth-order valence-corrected chi connectivity index (χ4v) is 2.93. The lowest BCUT2D eigenvalue weighted by Crippen LogP contribution is -2.24. The first-order chi connectivity index (χ1) is 8.74. The molecular weight excluding hydrogens is 218 g/mol. The zero-order valence-corrected chi connectivity index (χ0v) is 11.1. The molecule has 1 nitrogen and oxygen atoms in total. The van der Waals surface area contributed by atoms with Crippen LogP contribution in [0.1, 0.15) is 22.3 Å². The molecule has 2 aromatic rings. The minimum atomic E-state index is 1.01. The summed E-state index contributed by atoms with van der Waals surface area (Å²) in [6.45, 7) is 6.45. The van der Waals surface area contributed by atoms with Crippen molar-refractivity contribution in [3.8, 4) is 11.1 Å². The monoisotopic (exact) mass is 237 g/mol. The molecule has 1 heterocycles. The van der Waals surface area contributed by atoms with Gasteiger partial charge < -0.3 is 5.32 Å². The van der Waals surface area contributed by atoms with E-state index in [0.29, 0.717) is 0 Å². The smallest absolute Gasteiger partial charge is 0.0208 e. The topological polar surface area (TPSA) is 12.0 Å². The number of hydrogen-bond donors (Lipinski definition) is 1. The van der Waals surface area contributed by atoms with Gasteiger partial charge in [-0.05, 0) is 49.1 Å². The minimum absolute atomic E-state index is 1.01. The van der Waals surface area contributed by atoms with Crippen molar-refractivity contribution in [3.05, 3.63) is 58.7 Å². The van der Waals surface area contributed by atoms with Gasteiger partial charge in [0, 0.05) is 6.54 Å². The van der Waals surface area contributed by atoms with Crippen molar-refractivity contribution >= 4 is 0 Å². The molecular formula is C17H19N. The molecule has 0 atom stereocenters. The van der Waals surface area contributed by atoms with Crippen LogP contribution in [0.25, 0.3) is 11.1 Å². The molecule has 3 rings (SSSR count). The number of hydrogen-bond acceptors (Lipinski definition) is 1. The highest BCUT2D eigenvalue weighted by Gasteiger charge is 2.13. The first kappa shape index (κ1) is 11.5. The Morgan fingerprint density at radius 2 is 1.78 bits per heavy atom. The molecule has 2 aromatic carbocycles. The predicted octanol–water partition coefficient (Wildman–Crippen LogP) is 3.62. The summed E-state index contributed by atoms with van der Waals surface area (Å²) in [7, 11) is 0. The molecule has 0 radical (unpaired) electrons. The second kappa shape index (κ2) is 4.58. The first-order valence-corrected chi connectivity index (χ1v) is 6.64. The van der Waals surface area contributed by atoms with E-state index in [4.69, 9.17) is 0 Å². The molecule has 0 saturated heterocycles. The van der Waals surface area contributed by atoms with Gasteiger partial charge in [0.1, 0.15) is 0 Å². The van der Waals surface area contributed by atoms with Crippen LogP contribution >= 0.6 is 0 Å². The Hall–Kier alpha value is -1.60. The highest BCUT2D eigenvalue weighted by atomic mass is 14.9. The second-order valence-corrected chi connectivity index (χ2v) is 5.25. The van der Waals surface area contributed by atoms with E-state index in [0.717, 1.165) is 19.5 Å². The normalized spacial score (nSPS) is 14.3. The van der Waals surface area contributed by atoms with E-state index >= 15 is 0 Å². The van der Waals surface area contributed by atoms with Crippen LogP contribution in [0.3, 0.4) is 0 Å². The Kier molecular flexibility index (Phi) is 2.92. The Morgan fingerprint density at radius 3 is 2.56 bits per heavy atom. The van der Waals surface area contributed by atoms with Crippen molar-refractivity contribution in [2.24, 2.45) is 0 Å². The molecule has 0 unspecified atom stereocenters. The summed E-state index contributed by atoms with van der Waals surface area (Å²) in [5, 5.41) is 3.44. The summed E-state index contributed by atoms with van der Waals surface area (Å²) < 4.78 is 0. The summed E-state index contributed by atoms with van der Waals surface area (Å²) in [5.74, 6) is 0. The van der Waals surface area contributed by atoms with E-state index in [-0.39, 0.29) is 0 Å². The van der Waals surface area contributed by atoms with Crippen LogP contribution in [0.15, 0.2) is 36.4 Å². The Labute approximate surface area is 109 Å². The van der Waals surface area contributed by atoms with Crippen LogP contribution in [-0.2, 0) is 13.0 Å². The zero-order valence-electron chi connectivity index (χ0n) is 11.1. The van der Waals surface area contributed by atoms with E-state index in [9.17, 15) is 0 Å². The standard InChI is InChI=1S/C17H19N/c1-12-8-13(2)10-15(9-12)16-5-3-4-14-11-18-7-6-17(14)16/h3-5,8-10,18H,6-7,11H2,1-2H3. The van der Waals surface area contributed by atoms with Gasteiger partial charge in [-0.3, -0.25) is 0 Å². The molecule has 0 saturated carbocycles. The molecule has 92 valence electrons. The Morgan fingerprint density at radius 1 is 1.00 bits per heavy atom. The maximum atomic E-state index is 3.44. The highest BCUT2D eigenvalue weighted by molar-refractivity contribution is 5.70. The quantitative estimate of drug-likeness (QED) is 0.799. The largest absolute Gasteiger partial charge is 0.312 e. The van der Waals surface area contributed by atoms with Crippen LogP contribution in [0.4, 0.5) is 0 Å². The van der Waals surface area contributed by atoms with Gasteiger partial charge in [-0.25, -0.2) is 0 Å². The summed E-state index contributed by atoms with van der Waals surface area (Å²) in [5.41, 5.74) is 8.46. The summed E-state index contributed by atoms with van der Waals surface area (Å²) in [4.78, 5) is 0. The van der Waals surface area contributed by atoms with Crippen molar-refractivity contribution in [2.75, 3.05) is 6.54 Å². The molecule has 1 heteroatoms. The average molecular weight is 237 g/mol. The van der Waals surface area contributed by atoms with Crippen molar-refractivity contribution in [1.29, 1.82) is 0 Å². The number of benzene rings is 2. The Bertz CT molecular complexity index is 564. The van der Waals surface area contributed by atoms with E-state index in [1.807, 2.05) is 0 Å². The highest BCUT2D eigenvalue weighted by Crippen LogP contribution is 2.29. The molecule has 0 spiro atoms. The number of rotatable bonds is 1. The summed E-state index contributed by atoms with van der Waals surface area (Å²) in [6, 6.07) is 13.5. The average Bonchev–Trinajstić information content (AvgIpc) is 2.37. The molecule has 1 aliphatic rings. The molecule has 1 aliphatic heterocycles. The SMILES string of the molecule is Cc1cc(C)cc(-c2cccc3c2CCNC3)c1. The van der Waals surface area contributed by atoms with Crippen LogP contribution in [-0.4, -0.2) is 6.54 Å². The van der Waals surface area contributed by atoms with Gasteiger partial charge in [0.2, 0.25) is 0 Å². The predicted molar refractivity (Wildman–Crippen MR) is 76.8 cm³/mol. The van der Waals surface area contributed by atoms with Gasteiger partial charge >= 0.3 is 0 Å². The van der Waals surface area contributed by atoms with E-state index in [1.54, 1.807) is 0 Å². The van der Waals surface area contributed by atoms with Crippen molar-refractivity contribution < 1.29 is 0 Å². The molecule has 0 bridgehead atoms. The van der Waals surface area contributed by atoms with Crippen LogP contribution in [0.2, 0.25) is 0 Å². The van der Waals surface area contributed by atoms with E-state index in [2.05, 4.69) is 55.6 Å². The van der Waals surface area contributed by atoms with E-state index < -0.39 is 0 Å². The van der Waals surface area contributed by atoms with Crippen LogP contribution < -0.4 is 5.32 Å². The molecule has 0 aliphatic carbocycles. The molecule has 18 heavy (non-hydrogen) atoms. The second-order valence-electron chi connectivity index (χ2n) is 5.25. The first-order valence-electron chi connectivity index (χ1n) is 6.64. The van der Waals surface area contributed by atoms with Gasteiger partial charge in [0.15, 0.2) is 0 Å². The van der Waals surface area contributed by atoms with Crippen molar-refractivity contribution in [2.45, 2.75) is 26.8 Å². The minimum Gasteiger partial charge on any atom is -0.312 e. The zero-order chi connectivity index (χ0) is 12.5. The van der Waals surface area contributed by atoms with Gasteiger partial charge in [-0.1, -0.05) is 47.5 Å². The summed E-state index contributed by atoms with van der Waals surface area (Å²) >= 11 is 0. The maximum absolute atomic E-state index is 3.44. The lowest BCUT2D eigenvalue weighted by Gasteiger charge is -2.21. The molecule has 0 aromatic heterocycles. The number of aryl methyl sites for hydroxylation is 2. The number of nitrogens with one attached hydrogen (secondary N) is 1. The van der Waals surface area contributed by atoms with Gasteiger partial charge in [-0.2, -0.15) is 0 Å². The molecule has 1 N–H and O–H groups in total. The number of fused-ring (bicyclic) bond motifs is 1. The summed E-state index contributed by atoms with van der Waals surface area (Å²) in [6.07, 6.45) is 1.14. The molecule has 0 fully saturated rings. The lowest BCUT2D eigenvalue weighted by molar-refractivity contribution is 0.645. The molecule has 0 amide bonds. The van der Waals surface area contributed by atoms with Gasteiger partial charge in [0.25, 0.3) is 0 Å². The van der Waals surface area contributed by atoms with Crippen LogP contribution in [0, 0.1) is 13.8 Å². The van der Waals surface area contributed by atoms with E-state index in [1.165, 1.54) is 33.4 Å². The Balaban J connectivity index is 2.16. The van der Waals surface area contributed by atoms with Crippen LogP contribution in [0.5, 0.6) is 0 Å². The third-order valence-electron chi connectivity index (χ3n) is 3.67. The van der Waals surface area contributed by atoms with Crippen molar-refractivity contribution in [1.82, 2.24) is 5.32 Å². The van der Waals surface area contributed by atoms with Crippen molar-refractivity contribution in [3.63, 3.8) is 0 Å². The third kappa shape index (κ3) is 2.06. The van der Waals surface area contributed by atoms with Gasteiger partial charge in [0.05, 0.1) is 0 Å². The fraction of sp³-hybridized carbons (Fsp3) is 0.294. The van der Waals surface area contributed by atoms with Gasteiger partial charge in [-0.15, -0.1) is 0 Å². The third-order valence-corrected chi connectivity index (χ3v) is 3.67. The maximum Gasteiger partial charge on any atom is 0.0208 e.